The molecule has 0 saturated carbocycles. The number of nitrogens with zero attached hydrogens (tertiary/aromatic N) is 4. The Morgan fingerprint density at radius 3 is 2.69 bits per heavy atom. The number of fused-ring (bicyclic) bond motifs is 2. The zero-order valence-electron chi connectivity index (χ0n) is 20.4. The van der Waals surface area contributed by atoms with Crippen LogP contribution in [0.5, 0.6) is 0 Å². The Balaban J connectivity index is 1.13. The minimum absolute atomic E-state index is 0.0375. The van der Waals surface area contributed by atoms with E-state index < -0.39 is 0 Å². The largest absolute Gasteiger partial charge is 0.393 e. The highest BCUT2D eigenvalue weighted by Gasteiger charge is 2.37. The van der Waals surface area contributed by atoms with Crippen molar-refractivity contribution in [3.63, 3.8) is 0 Å². The van der Waals surface area contributed by atoms with E-state index in [4.69, 9.17) is 17.3 Å². The molecular formula is C26H34N8O2. The lowest BCUT2D eigenvalue weighted by atomic mass is 10.1. The van der Waals surface area contributed by atoms with Gasteiger partial charge in [0, 0.05) is 31.5 Å². The first-order valence-corrected chi connectivity index (χ1v) is 12.5. The molecule has 0 spiro atoms. The van der Waals surface area contributed by atoms with Crippen LogP contribution in [0, 0.1) is 0 Å². The van der Waals surface area contributed by atoms with E-state index in [9.17, 15) is 9.59 Å². The van der Waals surface area contributed by atoms with Crippen molar-refractivity contribution in [3.05, 3.63) is 70.7 Å². The number of pyridine rings is 1. The molecule has 2 unspecified atom stereocenters. The average molecular weight is 491 g/mol. The number of hydrogen-bond acceptors (Lipinski definition) is 8. The number of hydrogen-bond donors (Lipinski definition) is 4. The molecular weight excluding hydrogens is 456 g/mol. The Labute approximate surface area is 211 Å². The zero-order chi connectivity index (χ0) is 25.2. The summed E-state index contributed by atoms with van der Waals surface area (Å²) in [6.07, 6.45) is 5.04. The lowest BCUT2D eigenvalue weighted by Gasteiger charge is -2.36. The van der Waals surface area contributed by atoms with Crippen molar-refractivity contribution in [2.45, 2.75) is 50.9 Å². The summed E-state index contributed by atoms with van der Waals surface area (Å²) < 4.78 is 0. The van der Waals surface area contributed by atoms with Crippen LogP contribution in [0.15, 0.2) is 48.3 Å². The Bertz CT molecular complexity index is 1170. The molecule has 1 aromatic heterocycles. The topological polar surface area (TPSA) is 147 Å². The first-order valence-electron chi connectivity index (χ1n) is 12.5. The van der Waals surface area contributed by atoms with Crippen molar-refractivity contribution < 1.29 is 9.59 Å². The summed E-state index contributed by atoms with van der Waals surface area (Å²) in [5.41, 5.74) is 15.8. The fourth-order valence-electron chi connectivity index (χ4n) is 5.44. The van der Waals surface area contributed by atoms with Crippen LogP contribution in [0.2, 0.25) is 0 Å². The number of carbonyl (C=O) groups is 2. The minimum Gasteiger partial charge on any atom is -0.393 e. The lowest BCUT2D eigenvalue weighted by molar-refractivity contribution is -0.140. The molecule has 1 aliphatic carbocycles. The molecule has 190 valence electrons. The van der Waals surface area contributed by atoms with Gasteiger partial charge in [0.15, 0.2) is 0 Å². The van der Waals surface area contributed by atoms with Gasteiger partial charge in [-0.15, -0.1) is 0 Å². The molecule has 10 nitrogen and oxygen atoms in total. The highest BCUT2D eigenvalue weighted by molar-refractivity contribution is 5.92. The third kappa shape index (κ3) is 5.14. The first-order chi connectivity index (χ1) is 17.4. The third-order valence-corrected chi connectivity index (χ3v) is 7.33. The van der Waals surface area contributed by atoms with Crippen LogP contribution < -0.4 is 22.6 Å². The summed E-state index contributed by atoms with van der Waals surface area (Å²) in [4.78, 5) is 34.0. The molecule has 2 saturated heterocycles. The minimum atomic E-state index is -0.373. The summed E-state index contributed by atoms with van der Waals surface area (Å²) in [5.74, 6) is 6.47. The molecule has 1 aromatic carbocycles. The molecule has 0 bridgehead atoms. The van der Waals surface area contributed by atoms with Crippen molar-refractivity contribution >= 4 is 17.6 Å². The molecule has 2 fully saturated rings. The fourth-order valence-corrected chi connectivity index (χ4v) is 5.44. The number of amides is 2. The molecule has 0 radical (unpaired) electrons. The van der Waals surface area contributed by atoms with Gasteiger partial charge in [0.05, 0.1) is 18.6 Å². The number of hydrazine groups is 1. The number of nitrogens with two attached hydrogens (primary N) is 3. The number of carbonyl (C=O) groups excluding carboxylic acids is 2. The maximum atomic E-state index is 12.8. The first kappa shape index (κ1) is 24.1. The third-order valence-electron chi connectivity index (χ3n) is 7.33. The molecule has 2 amide bonds. The van der Waals surface area contributed by atoms with Crippen LogP contribution in [0.3, 0.4) is 0 Å². The summed E-state index contributed by atoms with van der Waals surface area (Å²) in [6, 6.07) is 11.6. The van der Waals surface area contributed by atoms with Gasteiger partial charge in [0.25, 0.3) is 5.91 Å². The van der Waals surface area contributed by atoms with Crippen molar-refractivity contribution in [1.29, 1.82) is 0 Å². The van der Waals surface area contributed by atoms with Gasteiger partial charge < -0.3 is 26.7 Å². The standard InChI is InChI=1S/C26H34N8O2/c27-20(25(35)31-22-9-8-21-19(22)7-10-24(28)30-21)16-34(29)15-18-5-3-17(4-6-18)14-33-13-12-32-11-1-2-23(32)26(33)36/h3-7,10,16,22-23H,1-2,8-9,11-15,27,29H2,(H2,28,30)(H,31,35)/b20-16-. The SMILES string of the molecule is N/C(=C\N(N)Cc1ccc(CN2CCN3CCCC3C2=O)cc1)C(=O)NC1CCc2nc(N)ccc21. The van der Waals surface area contributed by atoms with E-state index >= 15 is 0 Å². The number of rotatable bonds is 7. The molecule has 2 aromatic rings. The Morgan fingerprint density at radius 1 is 1.11 bits per heavy atom. The van der Waals surface area contributed by atoms with Crippen molar-refractivity contribution in [2.75, 3.05) is 25.4 Å². The lowest BCUT2D eigenvalue weighted by Crippen LogP contribution is -2.53. The monoisotopic (exact) mass is 490 g/mol. The number of benzene rings is 1. The number of piperazine rings is 1. The normalized spacial score (nSPS) is 21.9. The number of nitrogens with one attached hydrogen (secondary N) is 1. The van der Waals surface area contributed by atoms with Gasteiger partial charge in [-0.3, -0.25) is 14.5 Å². The smallest absolute Gasteiger partial charge is 0.269 e. The molecule has 7 N–H and O–H groups in total. The van der Waals surface area contributed by atoms with Gasteiger partial charge in [0.1, 0.15) is 11.5 Å². The van der Waals surface area contributed by atoms with E-state index in [1.54, 1.807) is 6.07 Å². The summed E-state index contributed by atoms with van der Waals surface area (Å²) in [6.45, 7) is 3.78. The number of aryl methyl sites for hydroxylation is 1. The Kier molecular flexibility index (Phi) is 6.80. The Hall–Kier alpha value is -3.63. The van der Waals surface area contributed by atoms with E-state index in [2.05, 4.69) is 15.2 Å². The van der Waals surface area contributed by atoms with Gasteiger partial charge >= 0.3 is 0 Å². The maximum absolute atomic E-state index is 12.8. The van der Waals surface area contributed by atoms with Crippen molar-refractivity contribution in [2.24, 2.45) is 11.6 Å². The predicted molar refractivity (Wildman–Crippen MR) is 136 cm³/mol. The van der Waals surface area contributed by atoms with Crippen molar-refractivity contribution in [1.82, 2.24) is 25.1 Å². The molecule has 2 aliphatic heterocycles. The molecule has 10 heteroatoms. The van der Waals surface area contributed by atoms with Crippen LogP contribution in [0.25, 0.3) is 0 Å². The van der Waals surface area contributed by atoms with E-state index in [0.29, 0.717) is 18.9 Å². The quantitative estimate of drug-likeness (QED) is 0.253. The van der Waals surface area contributed by atoms with E-state index in [-0.39, 0.29) is 29.6 Å². The van der Waals surface area contributed by atoms with E-state index in [1.165, 1.54) is 11.2 Å². The predicted octanol–water partition coefficient (Wildman–Crippen LogP) is 0.750. The summed E-state index contributed by atoms with van der Waals surface area (Å²) >= 11 is 0. The molecule has 3 aliphatic rings. The van der Waals surface area contributed by atoms with E-state index in [1.807, 2.05) is 35.2 Å². The fraction of sp³-hybridized carbons (Fsp3) is 0.423. The van der Waals surface area contributed by atoms with Crippen LogP contribution in [-0.2, 0) is 29.1 Å². The summed E-state index contributed by atoms with van der Waals surface area (Å²) in [5, 5.41) is 4.36. The van der Waals surface area contributed by atoms with Crippen LogP contribution >= 0.6 is 0 Å². The highest BCUT2D eigenvalue weighted by Crippen LogP contribution is 2.30. The van der Waals surface area contributed by atoms with Crippen LogP contribution in [0.1, 0.15) is 47.7 Å². The number of aromatic nitrogens is 1. The highest BCUT2D eigenvalue weighted by atomic mass is 16.2. The van der Waals surface area contributed by atoms with Gasteiger partial charge in [-0.05, 0) is 55.0 Å². The van der Waals surface area contributed by atoms with Gasteiger partial charge in [0.2, 0.25) is 5.91 Å². The molecule has 5 rings (SSSR count). The van der Waals surface area contributed by atoms with E-state index in [0.717, 1.165) is 67.7 Å². The second-order valence-corrected chi connectivity index (χ2v) is 9.86. The molecule has 3 heterocycles. The maximum Gasteiger partial charge on any atom is 0.269 e. The second-order valence-electron chi connectivity index (χ2n) is 9.86. The number of anilines is 1. The average Bonchev–Trinajstić information content (AvgIpc) is 3.49. The second kappa shape index (κ2) is 10.2. The van der Waals surface area contributed by atoms with Gasteiger partial charge in [-0.1, -0.05) is 30.3 Å². The van der Waals surface area contributed by atoms with Crippen molar-refractivity contribution in [3.8, 4) is 0 Å². The van der Waals surface area contributed by atoms with Crippen LogP contribution in [-0.4, -0.2) is 57.3 Å². The Morgan fingerprint density at radius 2 is 1.89 bits per heavy atom. The number of nitrogen functional groups attached to an aromatic ring is 1. The van der Waals surface area contributed by atoms with Gasteiger partial charge in [-0.25, -0.2) is 10.8 Å². The zero-order valence-corrected chi connectivity index (χ0v) is 20.4. The molecule has 2 atom stereocenters. The summed E-state index contributed by atoms with van der Waals surface area (Å²) in [7, 11) is 0. The molecule has 36 heavy (non-hydrogen) atoms. The van der Waals surface area contributed by atoms with Crippen LogP contribution in [0.4, 0.5) is 5.82 Å². The van der Waals surface area contributed by atoms with Gasteiger partial charge in [-0.2, -0.15) is 0 Å².